The minimum absolute atomic E-state index is 0.0129. The van der Waals surface area contributed by atoms with E-state index in [1.165, 1.54) is 20.3 Å². The summed E-state index contributed by atoms with van der Waals surface area (Å²) in [5.41, 5.74) is 1.82. The number of carbonyl (C=O) groups excluding carboxylic acids is 2. The highest BCUT2D eigenvalue weighted by atomic mass is 35.5. The summed E-state index contributed by atoms with van der Waals surface area (Å²) in [6.07, 6.45) is 0. The Hall–Kier alpha value is -2.73. The van der Waals surface area contributed by atoms with Crippen LogP contribution in [0.1, 0.15) is 36.7 Å². The van der Waals surface area contributed by atoms with Gasteiger partial charge < -0.3 is 19.5 Å². The Balaban J connectivity index is 1.99. The van der Waals surface area contributed by atoms with Crippen LogP contribution in [-0.4, -0.2) is 32.7 Å². The van der Waals surface area contributed by atoms with Crippen molar-refractivity contribution in [2.75, 3.05) is 26.1 Å². The molecule has 2 aromatic carbocycles. The summed E-state index contributed by atoms with van der Waals surface area (Å²) in [6.45, 7) is 5.83. The van der Waals surface area contributed by atoms with Gasteiger partial charge in [0.25, 0.3) is 5.91 Å². The second kappa shape index (κ2) is 8.97. The molecule has 0 spiro atoms. The van der Waals surface area contributed by atoms with E-state index in [0.717, 1.165) is 5.56 Å². The van der Waals surface area contributed by atoms with Crippen molar-refractivity contribution in [3.63, 3.8) is 0 Å². The molecule has 7 heteroatoms. The van der Waals surface area contributed by atoms with Gasteiger partial charge in [0.15, 0.2) is 6.61 Å². The normalized spacial score (nSPS) is 10.9. The maximum atomic E-state index is 12.2. The molecule has 6 nitrogen and oxygen atoms in total. The monoisotopic (exact) mass is 405 g/mol. The van der Waals surface area contributed by atoms with E-state index in [1.54, 1.807) is 18.2 Å². The van der Waals surface area contributed by atoms with Crippen LogP contribution in [0.3, 0.4) is 0 Å². The van der Waals surface area contributed by atoms with Gasteiger partial charge in [-0.05, 0) is 29.2 Å². The van der Waals surface area contributed by atoms with E-state index in [2.05, 4.69) is 26.1 Å². The number of anilines is 1. The summed E-state index contributed by atoms with van der Waals surface area (Å²) in [5.74, 6) is -0.296. The average Bonchev–Trinajstić information content (AvgIpc) is 2.65. The molecule has 0 unspecified atom stereocenters. The molecule has 0 aliphatic carbocycles. The summed E-state index contributed by atoms with van der Waals surface area (Å²) in [4.78, 5) is 24.3. The Labute approximate surface area is 169 Å². The minimum Gasteiger partial charge on any atom is -0.495 e. The molecule has 0 heterocycles. The highest BCUT2D eigenvalue weighted by Crippen LogP contribution is 2.35. The number of hydrogen-bond donors (Lipinski definition) is 1. The Morgan fingerprint density at radius 1 is 1.00 bits per heavy atom. The van der Waals surface area contributed by atoms with Crippen LogP contribution >= 0.6 is 11.6 Å². The average molecular weight is 406 g/mol. The molecule has 0 fully saturated rings. The molecule has 28 heavy (non-hydrogen) atoms. The van der Waals surface area contributed by atoms with Crippen LogP contribution in [0.5, 0.6) is 11.5 Å². The number of methoxy groups -OCH3 is 2. The van der Waals surface area contributed by atoms with Gasteiger partial charge in [0.2, 0.25) is 0 Å². The molecule has 0 saturated heterocycles. The van der Waals surface area contributed by atoms with Crippen LogP contribution in [0.25, 0.3) is 0 Å². The number of esters is 1. The van der Waals surface area contributed by atoms with Crippen molar-refractivity contribution in [3.05, 3.63) is 52.5 Å². The Morgan fingerprint density at radius 3 is 2.14 bits per heavy atom. The van der Waals surface area contributed by atoms with Gasteiger partial charge in [0.1, 0.15) is 11.5 Å². The number of carbonyl (C=O) groups is 2. The Morgan fingerprint density at radius 2 is 1.61 bits per heavy atom. The van der Waals surface area contributed by atoms with Gasteiger partial charge in [-0.2, -0.15) is 0 Å². The lowest BCUT2D eigenvalue weighted by Gasteiger charge is -2.18. The van der Waals surface area contributed by atoms with Crippen molar-refractivity contribution in [3.8, 4) is 11.5 Å². The molecular weight excluding hydrogens is 382 g/mol. The fourth-order valence-corrected chi connectivity index (χ4v) is 2.71. The lowest BCUT2D eigenvalue weighted by molar-refractivity contribution is -0.119. The quantitative estimate of drug-likeness (QED) is 0.718. The first-order valence-electron chi connectivity index (χ1n) is 8.64. The van der Waals surface area contributed by atoms with Gasteiger partial charge in [-0.25, -0.2) is 4.79 Å². The van der Waals surface area contributed by atoms with Gasteiger partial charge in [0.05, 0.1) is 30.5 Å². The first kappa shape index (κ1) is 21.6. The zero-order chi connectivity index (χ0) is 20.9. The first-order valence-corrected chi connectivity index (χ1v) is 9.02. The molecule has 0 atom stereocenters. The van der Waals surface area contributed by atoms with E-state index < -0.39 is 18.5 Å². The summed E-state index contributed by atoms with van der Waals surface area (Å²) in [6, 6.07) is 10.2. The molecule has 0 bridgehead atoms. The molecule has 0 radical (unpaired) electrons. The molecule has 0 saturated carbocycles. The summed E-state index contributed by atoms with van der Waals surface area (Å²) in [5, 5.41) is 2.92. The van der Waals surface area contributed by atoms with Crippen LogP contribution in [0, 0.1) is 0 Å². The second-order valence-electron chi connectivity index (χ2n) is 7.14. The van der Waals surface area contributed by atoms with E-state index in [1.807, 2.05) is 12.1 Å². The zero-order valence-corrected chi connectivity index (χ0v) is 17.3. The zero-order valence-electron chi connectivity index (χ0n) is 16.6. The van der Waals surface area contributed by atoms with Crippen LogP contribution in [0.4, 0.5) is 5.69 Å². The predicted octanol–water partition coefficient (Wildman–Crippen LogP) is 4.45. The van der Waals surface area contributed by atoms with Crippen molar-refractivity contribution >= 4 is 29.2 Å². The maximum absolute atomic E-state index is 12.2. The SMILES string of the molecule is COc1cc(OC)c(NC(=O)COC(=O)c2ccc(C(C)(C)C)cc2)cc1Cl. The third-order valence-electron chi connectivity index (χ3n) is 4.07. The molecule has 2 aromatic rings. The molecule has 0 aliphatic rings. The maximum Gasteiger partial charge on any atom is 0.338 e. The number of halogens is 1. The summed E-state index contributed by atoms with van der Waals surface area (Å²) < 4.78 is 15.4. The number of hydrogen-bond acceptors (Lipinski definition) is 5. The van der Waals surface area contributed by atoms with Gasteiger partial charge in [-0.15, -0.1) is 0 Å². The van der Waals surface area contributed by atoms with E-state index in [0.29, 0.717) is 27.8 Å². The predicted molar refractivity (Wildman–Crippen MR) is 109 cm³/mol. The number of rotatable bonds is 6. The van der Waals surface area contributed by atoms with E-state index in [4.69, 9.17) is 25.8 Å². The molecule has 1 N–H and O–H groups in total. The molecular formula is C21H24ClNO5. The van der Waals surface area contributed by atoms with Gasteiger partial charge >= 0.3 is 5.97 Å². The van der Waals surface area contributed by atoms with Gasteiger partial charge in [0, 0.05) is 6.07 Å². The van der Waals surface area contributed by atoms with E-state index in [-0.39, 0.29) is 5.41 Å². The molecule has 150 valence electrons. The Bertz CT molecular complexity index is 856. The molecule has 1 amide bonds. The highest BCUT2D eigenvalue weighted by Gasteiger charge is 2.17. The summed E-state index contributed by atoms with van der Waals surface area (Å²) >= 11 is 6.08. The largest absolute Gasteiger partial charge is 0.495 e. The smallest absolute Gasteiger partial charge is 0.338 e. The standard InChI is InChI=1S/C21H24ClNO5/c1-21(2,3)14-8-6-13(7-9-14)20(25)28-12-19(24)23-16-10-15(22)17(26-4)11-18(16)27-5/h6-11H,12H2,1-5H3,(H,23,24). The number of benzene rings is 2. The molecule has 0 aliphatic heterocycles. The van der Waals surface area contributed by atoms with E-state index in [9.17, 15) is 9.59 Å². The van der Waals surface area contributed by atoms with Crippen LogP contribution in [-0.2, 0) is 14.9 Å². The number of nitrogens with one attached hydrogen (secondary N) is 1. The lowest BCUT2D eigenvalue weighted by Crippen LogP contribution is -2.21. The highest BCUT2D eigenvalue weighted by molar-refractivity contribution is 6.32. The Kier molecular flexibility index (Phi) is 6.91. The van der Waals surface area contributed by atoms with Crippen molar-refractivity contribution in [1.29, 1.82) is 0 Å². The third kappa shape index (κ3) is 5.39. The second-order valence-corrected chi connectivity index (χ2v) is 7.55. The third-order valence-corrected chi connectivity index (χ3v) is 4.36. The summed E-state index contributed by atoms with van der Waals surface area (Å²) in [7, 11) is 2.94. The van der Waals surface area contributed by atoms with E-state index >= 15 is 0 Å². The van der Waals surface area contributed by atoms with Gasteiger partial charge in [-0.1, -0.05) is 44.5 Å². The van der Waals surface area contributed by atoms with Crippen molar-refractivity contribution in [2.45, 2.75) is 26.2 Å². The van der Waals surface area contributed by atoms with Crippen molar-refractivity contribution < 1.29 is 23.8 Å². The first-order chi connectivity index (χ1) is 13.2. The van der Waals surface area contributed by atoms with Crippen molar-refractivity contribution in [1.82, 2.24) is 0 Å². The lowest BCUT2D eigenvalue weighted by atomic mass is 9.87. The fraction of sp³-hybridized carbons (Fsp3) is 0.333. The van der Waals surface area contributed by atoms with Crippen LogP contribution in [0.15, 0.2) is 36.4 Å². The molecule has 2 rings (SSSR count). The molecule has 0 aromatic heterocycles. The van der Waals surface area contributed by atoms with Crippen molar-refractivity contribution in [2.24, 2.45) is 0 Å². The number of amides is 1. The fourth-order valence-electron chi connectivity index (χ4n) is 2.46. The topological polar surface area (TPSA) is 73.9 Å². The minimum atomic E-state index is -0.574. The number of ether oxygens (including phenoxy) is 3. The van der Waals surface area contributed by atoms with Gasteiger partial charge in [-0.3, -0.25) is 4.79 Å². The van der Waals surface area contributed by atoms with Crippen LogP contribution < -0.4 is 14.8 Å². The van der Waals surface area contributed by atoms with Crippen LogP contribution in [0.2, 0.25) is 5.02 Å².